The van der Waals surface area contributed by atoms with Crippen molar-refractivity contribution in [2.24, 2.45) is 4.99 Å². The maximum atomic E-state index is 12.3. The van der Waals surface area contributed by atoms with E-state index in [4.69, 9.17) is 16.3 Å². The molecule has 0 amide bonds. The molecule has 2 rings (SSSR count). The zero-order valence-corrected chi connectivity index (χ0v) is 18.1. The normalized spacial score (nSPS) is 17.1. The molecule has 1 heterocycles. The number of aliphatic imine (C=N–C) groups is 1. The summed E-state index contributed by atoms with van der Waals surface area (Å²) < 4.78 is 42.3. The smallest absolute Gasteiger partial charge is 0.379 e. The molecule has 10 heteroatoms. The number of rotatable bonds is 6. The largest absolute Gasteiger partial charge is 0.390 e. The first-order valence-electron chi connectivity index (χ1n) is 8.47. The monoisotopic (exact) mass is 520 g/mol. The van der Waals surface area contributed by atoms with Crippen LogP contribution in [0.1, 0.15) is 18.0 Å². The first-order chi connectivity index (χ1) is 12.4. The number of nitrogens with one attached hydrogen (secondary N) is 2. The van der Waals surface area contributed by atoms with Crippen molar-refractivity contribution in [1.29, 1.82) is 0 Å². The predicted molar refractivity (Wildman–Crippen MR) is 112 cm³/mol. The van der Waals surface area contributed by atoms with E-state index < -0.39 is 12.6 Å². The van der Waals surface area contributed by atoms with Gasteiger partial charge in [0.1, 0.15) is 0 Å². The van der Waals surface area contributed by atoms with Gasteiger partial charge in [0.2, 0.25) is 0 Å². The van der Waals surface area contributed by atoms with Gasteiger partial charge in [-0.3, -0.25) is 9.89 Å². The van der Waals surface area contributed by atoms with Crippen molar-refractivity contribution in [2.45, 2.75) is 18.6 Å². The standard InChI is InChI=1S/C17H24ClF3N4O.HI/c1-22-16(23-6-5-17(19,20)21)24-12-15(25-7-9-26-10-8-25)13-3-2-4-14(18)11-13;/h2-4,11,15H,5-10,12H2,1H3,(H2,22,23,24);1H. The molecule has 154 valence electrons. The second kappa shape index (κ2) is 11.9. The zero-order chi connectivity index (χ0) is 19.0. The molecular weight excluding hydrogens is 496 g/mol. The van der Waals surface area contributed by atoms with E-state index in [1.54, 1.807) is 0 Å². The minimum absolute atomic E-state index is 0. The molecule has 0 radical (unpaired) electrons. The highest BCUT2D eigenvalue weighted by Gasteiger charge is 2.27. The third-order valence-corrected chi connectivity index (χ3v) is 4.34. The SMILES string of the molecule is CN=C(NCCC(F)(F)F)NCC(c1cccc(Cl)c1)N1CCOCC1.I. The second-order valence-corrected chi connectivity index (χ2v) is 6.40. The molecule has 2 N–H and O–H groups in total. The number of hydrogen-bond acceptors (Lipinski definition) is 3. The maximum Gasteiger partial charge on any atom is 0.390 e. The Labute approximate surface area is 179 Å². The topological polar surface area (TPSA) is 48.9 Å². The van der Waals surface area contributed by atoms with Crippen LogP contribution >= 0.6 is 35.6 Å². The van der Waals surface area contributed by atoms with Crippen LogP contribution in [-0.4, -0.2) is 63.5 Å². The molecule has 1 saturated heterocycles. The van der Waals surface area contributed by atoms with Gasteiger partial charge < -0.3 is 15.4 Å². The van der Waals surface area contributed by atoms with Gasteiger partial charge in [0.15, 0.2) is 5.96 Å². The molecule has 1 unspecified atom stereocenters. The summed E-state index contributed by atoms with van der Waals surface area (Å²) in [7, 11) is 1.53. The molecule has 0 aliphatic carbocycles. The van der Waals surface area contributed by atoms with Crippen LogP contribution in [0.5, 0.6) is 0 Å². The summed E-state index contributed by atoms with van der Waals surface area (Å²) in [5.41, 5.74) is 1.04. The third-order valence-electron chi connectivity index (χ3n) is 4.11. The Hall–Kier alpha value is -0.780. The molecular formula is C17H25ClF3IN4O. The van der Waals surface area contributed by atoms with Crippen molar-refractivity contribution < 1.29 is 17.9 Å². The fraction of sp³-hybridized carbons (Fsp3) is 0.588. The molecule has 0 bridgehead atoms. The molecule has 0 aromatic heterocycles. The maximum absolute atomic E-state index is 12.3. The molecule has 27 heavy (non-hydrogen) atoms. The lowest BCUT2D eigenvalue weighted by Crippen LogP contribution is -2.46. The van der Waals surface area contributed by atoms with Crippen LogP contribution in [0.2, 0.25) is 5.02 Å². The van der Waals surface area contributed by atoms with Crippen molar-refractivity contribution in [3.05, 3.63) is 34.9 Å². The molecule has 1 aromatic rings. The van der Waals surface area contributed by atoms with Gasteiger partial charge in [-0.1, -0.05) is 23.7 Å². The number of alkyl halides is 3. The quantitative estimate of drug-likeness (QED) is 0.343. The fourth-order valence-electron chi connectivity index (χ4n) is 2.80. The van der Waals surface area contributed by atoms with E-state index in [1.165, 1.54) is 7.05 Å². The van der Waals surface area contributed by atoms with E-state index in [1.807, 2.05) is 24.3 Å². The van der Waals surface area contributed by atoms with E-state index in [-0.39, 0.29) is 36.6 Å². The molecule has 0 spiro atoms. The highest BCUT2D eigenvalue weighted by atomic mass is 127. The van der Waals surface area contributed by atoms with E-state index in [0.717, 1.165) is 18.7 Å². The Balaban J connectivity index is 0.00000364. The molecule has 1 aliphatic rings. The second-order valence-electron chi connectivity index (χ2n) is 5.96. The molecule has 1 fully saturated rings. The Bertz CT molecular complexity index is 598. The summed E-state index contributed by atoms with van der Waals surface area (Å²) in [6, 6.07) is 7.61. The minimum atomic E-state index is -4.19. The number of benzene rings is 1. The summed E-state index contributed by atoms with van der Waals surface area (Å²) in [5.74, 6) is 0.342. The molecule has 1 aromatic carbocycles. The molecule has 1 aliphatic heterocycles. The number of nitrogens with zero attached hydrogens (tertiary/aromatic N) is 2. The lowest BCUT2D eigenvalue weighted by Gasteiger charge is -2.35. The summed E-state index contributed by atoms with van der Waals surface area (Å²) in [4.78, 5) is 6.26. The first-order valence-corrected chi connectivity index (χ1v) is 8.85. The molecule has 1 atom stereocenters. The molecule has 0 saturated carbocycles. The van der Waals surface area contributed by atoms with Crippen molar-refractivity contribution in [2.75, 3.05) is 46.4 Å². The minimum Gasteiger partial charge on any atom is -0.379 e. The average molecular weight is 521 g/mol. The van der Waals surface area contributed by atoms with Crippen LogP contribution in [0.4, 0.5) is 13.2 Å². The predicted octanol–water partition coefficient (Wildman–Crippen LogP) is 3.45. The van der Waals surface area contributed by atoms with Crippen LogP contribution in [0.25, 0.3) is 0 Å². The van der Waals surface area contributed by atoms with Crippen LogP contribution < -0.4 is 10.6 Å². The van der Waals surface area contributed by atoms with Gasteiger partial charge in [0, 0.05) is 38.2 Å². The summed E-state index contributed by atoms with van der Waals surface area (Å²) in [6.45, 7) is 3.12. The van der Waals surface area contributed by atoms with Gasteiger partial charge in [-0.15, -0.1) is 24.0 Å². The Morgan fingerprint density at radius 1 is 1.30 bits per heavy atom. The van der Waals surface area contributed by atoms with Crippen molar-refractivity contribution in [1.82, 2.24) is 15.5 Å². The fourth-order valence-corrected chi connectivity index (χ4v) is 3.00. The van der Waals surface area contributed by atoms with E-state index in [0.29, 0.717) is 30.7 Å². The van der Waals surface area contributed by atoms with E-state index in [9.17, 15) is 13.2 Å². The molecule has 5 nitrogen and oxygen atoms in total. The number of ether oxygens (including phenoxy) is 1. The highest BCUT2D eigenvalue weighted by molar-refractivity contribution is 14.0. The average Bonchev–Trinajstić information content (AvgIpc) is 2.60. The summed E-state index contributed by atoms with van der Waals surface area (Å²) >= 11 is 6.12. The van der Waals surface area contributed by atoms with Gasteiger partial charge in [0.05, 0.1) is 25.7 Å². The summed E-state index contributed by atoms with van der Waals surface area (Å²) in [6.07, 6.45) is -5.10. The van der Waals surface area contributed by atoms with Gasteiger partial charge in [0.25, 0.3) is 0 Å². The number of morpholine rings is 1. The van der Waals surface area contributed by atoms with Crippen molar-refractivity contribution >= 4 is 41.5 Å². The lowest BCUT2D eigenvalue weighted by atomic mass is 10.0. The van der Waals surface area contributed by atoms with E-state index in [2.05, 4.69) is 20.5 Å². The number of halogens is 5. The third kappa shape index (κ3) is 8.84. The van der Waals surface area contributed by atoms with Crippen molar-refractivity contribution in [3.63, 3.8) is 0 Å². The zero-order valence-electron chi connectivity index (χ0n) is 15.1. The summed E-state index contributed by atoms with van der Waals surface area (Å²) in [5, 5.41) is 6.46. The van der Waals surface area contributed by atoms with Crippen LogP contribution in [0, 0.1) is 0 Å². The van der Waals surface area contributed by atoms with Gasteiger partial charge in [-0.2, -0.15) is 13.2 Å². The van der Waals surface area contributed by atoms with Gasteiger partial charge in [-0.05, 0) is 17.7 Å². The van der Waals surface area contributed by atoms with Crippen molar-refractivity contribution in [3.8, 4) is 0 Å². The lowest BCUT2D eigenvalue weighted by molar-refractivity contribution is -0.132. The van der Waals surface area contributed by atoms with Crippen LogP contribution in [-0.2, 0) is 4.74 Å². The number of hydrogen-bond donors (Lipinski definition) is 2. The van der Waals surface area contributed by atoms with Gasteiger partial charge in [-0.25, -0.2) is 0 Å². The Morgan fingerprint density at radius 3 is 2.59 bits per heavy atom. The highest BCUT2D eigenvalue weighted by Crippen LogP contribution is 2.24. The van der Waals surface area contributed by atoms with Gasteiger partial charge >= 0.3 is 6.18 Å². The number of guanidine groups is 1. The van der Waals surface area contributed by atoms with E-state index >= 15 is 0 Å². The Kier molecular flexibility index (Phi) is 10.7. The first kappa shape index (κ1) is 24.3. The Morgan fingerprint density at radius 2 is 2.00 bits per heavy atom. The van der Waals surface area contributed by atoms with Crippen LogP contribution in [0.15, 0.2) is 29.3 Å². The van der Waals surface area contributed by atoms with Crippen LogP contribution in [0.3, 0.4) is 0 Å².